The smallest absolute Gasteiger partial charge is 0.315 e. The Bertz CT molecular complexity index is 763. The van der Waals surface area contributed by atoms with Crippen LogP contribution in [0.4, 0.5) is 4.39 Å². The van der Waals surface area contributed by atoms with Crippen LogP contribution in [0.1, 0.15) is 72.6 Å². The van der Waals surface area contributed by atoms with Crippen LogP contribution < -0.4 is 0 Å². The predicted octanol–water partition coefficient (Wildman–Crippen LogP) is 5.46. The fraction of sp³-hybridized carbons (Fsp3) is 0.846. The van der Waals surface area contributed by atoms with E-state index >= 15 is 0 Å². The first-order valence-electron chi connectivity index (χ1n) is 12.4. The number of carbonyl (C=O) groups excluding carboxylic acids is 1. The highest BCUT2D eigenvalue weighted by Crippen LogP contribution is 2.82. The van der Waals surface area contributed by atoms with Gasteiger partial charge >= 0.3 is 5.97 Å². The van der Waals surface area contributed by atoms with Gasteiger partial charge in [0, 0.05) is 12.0 Å². The van der Waals surface area contributed by atoms with Gasteiger partial charge in [-0.3, -0.25) is 4.79 Å². The highest BCUT2D eigenvalue weighted by atomic mass is 19.1. The van der Waals surface area contributed by atoms with E-state index in [0.717, 1.165) is 31.1 Å². The molecule has 4 aliphatic rings. The van der Waals surface area contributed by atoms with Crippen molar-refractivity contribution < 1.29 is 23.8 Å². The monoisotopic (exact) mass is 434 g/mol. The lowest BCUT2D eigenvalue weighted by atomic mass is 9.43. The number of carbonyl (C=O) groups is 2. The molecule has 0 aromatic carbocycles. The molecule has 31 heavy (non-hydrogen) atoms. The quantitative estimate of drug-likeness (QED) is 0.282. The largest absolute Gasteiger partial charge is 0.481 e. The minimum Gasteiger partial charge on any atom is -0.481 e. The van der Waals surface area contributed by atoms with E-state index in [0.29, 0.717) is 32.5 Å². The summed E-state index contributed by atoms with van der Waals surface area (Å²) in [4.78, 5) is 26.2. The number of allylic oxidation sites excluding steroid dienone is 1. The number of hydrogen-bond donors (Lipinski definition) is 1. The van der Waals surface area contributed by atoms with E-state index in [2.05, 4.69) is 13.0 Å². The molecule has 0 heterocycles. The number of fused-ring (bicyclic) bond motifs is 2. The van der Waals surface area contributed by atoms with E-state index < -0.39 is 28.4 Å². The van der Waals surface area contributed by atoms with Gasteiger partial charge in [-0.1, -0.05) is 58.6 Å². The van der Waals surface area contributed by atoms with Crippen molar-refractivity contribution in [3.63, 3.8) is 0 Å². The normalized spacial score (nSPS) is 45.1. The summed E-state index contributed by atoms with van der Waals surface area (Å²) in [6, 6.07) is 0. The van der Waals surface area contributed by atoms with Crippen LogP contribution in [0.25, 0.3) is 0 Å². The Morgan fingerprint density at radius 2 is 2.06 bits per heavy atom. The zero-order chi connectivity index (χ0) is 22.6. The summed E-state index contributed by atoms with van der Waals surface area (Å²) >= 11 is 0. The molecule has 0 amide bonds. The first-order valence-corrected chi connectivity index (χ1v) is 12.4. The van der Waals surface area contributed by atoms with Crippen LogP contribution in [-0.2, 0) is 14.3 Å². The van der Waals surface area contributed by atoms with E-state index in [1.165, 1.54) is 6.42 Å². The standard InChI is InChI=1S/C26H39FO4/c1-5-6-7-8-9-31-15-25-13-19-17(4)22(27)11-21(19)24(14-28)12-18(25)10-20(16(2)3)26(24,25)23(29)30/h10,14,16-19,21-22H,5-9,11-13,15H2,1-4H3,(H,29,30)/t17-,18-,19+,21+,22+,24-,25-,26-/m0/s1. The molecule has 0 aromatic heterocycles. The molecule has 8 atom stereocenters. The van der Waals surface area contributed by atoms with E-state index in [4.69, 9.17) is 4.74 Å². The van der Waals surface area contributed by atoms with E-state index in [1.54, 1.807) is 0 Å². The number of hydrogen-bond acceptors (Lipinski definition) is 3. The molecular formula is C26H39FO4. The van der Waals surface area contributed by atoms with Gasteiger partial charge in [0.2, 0.25) is 0 Å². The maximum absolute atomic E-state index is 14.9. The molecule has 0 saturated heterocycles. The van der Waals surface area contributed by atoms with Gasteiger partial charge in [-0.2, -0.15) is 0 Å². The Morgan fingerprint density at radius 3 is 2.68 bits per heavy atom. The molecule has 3 saturated carbocycles. The molecular weight excluding hydrogens is 395 g/mol. The van der Waals surface area contributed by atoms with Gasteiger partial charge in [0.15, 0.2) is 0 Å². The highest BCUT2D eigenvalue weighted by molar-refractivity contribution is 5.90. The van der Waals surface area contributed by atoms with Gasteiger partial charge in [0.1, 0.15) is 17.9 Å². The lowest BCUT2D eigenvalue weighted by molar-refractivity contribution is -0.186. The number of halogens is 1. The van der Waals surface area contributed by atoms with Crippen molar-refractivity contribution in [3.05, 3.63) is 11.6 Å². The average molecular weight is 435 g/mol. The molecule has 0 unspecified atom stereocenters. The summed E-state index contributed by atoms with van der Waals surface area (Å²) < 4.78 is 21.1. The zero-order valence-corrected chi connectivity index (χ0v) is 19.5. The summed E-state index contributed by atoms with van der Waals surface area (Å²) in [5.41, 5.74) is -2.06. The minimum atomic E-state index is -1.27. The molecule has 4 nitrogen and oxygen atoms in total. The third-order valence-electron chi connectivity index (χ3n) is 9.68. The number of carboxylic acids is 1. The van der Waals surface area contributed by atoms with Gasteiger partial charge in [-0.15, -0.1) is 0 Å². The Morgan fingerprint density at radius 1 is 1.32 bits per heavy atom. The number of carboxylic acid groups (broad SMARTS) is 1. The summed E-state index contributed by atoms with van der Waals surface area (Å²) in [6.07, 6.45) is 8.02. The second-order valence-electron chi connectivity index (χ2n) is 11.2. The summed E-state index contributed by atoms with van der Waals surface area (Å²) in [5.74, 6) is -1.15. The van der Waals surface area contributed by atoms with Crippen molar-refractivity contribution in [1.29, 1.82) is 0 Å². The Balaban J connectivity index is 1.77. The van der Waals surface area contributed by atoms with Crippen LogP contribution in [-0.4, -0.2) is 36.7 Å². The Kier molecular flexibility index (Phi) is 5.90. The lowest BCUT2D eigenvalue weighted by Gasteiger charge is -2.58. The predicted molar refractivity (Wildman–Crippen MR) is 117 cm³/mol. The Hall–Kier alpha value is -1.23. The molecule has 0 spiro atoms. The van der Waals surface area contributed by atoms with Gasteiger partial charge in [-0.25, -0.2) is 4.39 Å². The molecule has 1 N–H and O–H groups in total. The number of ether oxygens (including phenoxy) is 1. The molecule has 5 heteroatoms. The fourth-order valence-electron chi connectivity index (χ4n) is 8.46. The van der Waals surface area contributed by atoms with Gasteiger partial charge < -0.3 is 14.6 Å². The number of aldehydes is 1. The van der Waals surface area contributed by atoms with Gasteiger partial charge in [-0.05, 0) is 55.3 Å². The average Bonchev–Trinajstić information content (AvgIpc) is 3.25. The van der Waals surface area contributed by atoms with Crippen LogP contribution in [0.3, 0.4) is 0 Å². The summed E-state index contributed by atoms with van der Waals surface area (Å²) in [6.45, 7) is 9.14. The van der Waals surface area contributed by atoms with Crippen LogP contribution in [0, 0.1) is 45.8 Å². The highest BCUT2D eigenvalue weighted by Gasteiger charge is 2.84. The van der Waals surface area contributed by atoms with Crippen LogP contribution in [0.15, 0.2) is 11.6 Å². The van der Waals surface area contributed by atoms with Crippen molar-refractivity contribution in [3.8, 4) is 0 Å². The summed E-state index contributed by atoms with van der Waals surface area (Å²) in [7, 11) is 0. The van der Waals surface area contributed by atoms with Crippen LogP contribution in [0.5, 0.6) is 0 Å². The molecule has 174 valence electrons. The third-order valence-corrected chi connectivity index (χ3v) is 9.68. The van der Waals surface area contributed by atoms with Crippen molar-refractivity contribution in [2.45, 2.75) is 78.8 Å². The minimum absolute atomic E-state index is 0.0118. The lowest BCUT2D eigenvalue weighted by Crippen LogP contribution is -2.63. The molecule has 4 bridgehead atoms. The summed E-state index contributed by atoms with van der Waals surface area (Å²) in [5, 5.41) is 10.9. The van der Waals surface area contributed by atoms with Crippen LogP contribution in [0.2, 0.25) is 0 Å². The third kappa shape index (κ3) is 2.74. The van der Waals surface area contributed by atoms with E-state index in [9.17, 15) is 19.1 Å². The maximum Gasteiger partial charge on any atom is 0.315 e. The number of unbranched alkanes of at least 4 members (excludes halogenated alkanes) is 3. The topological polar surface area (TPSA) is 63.6 Å². The molecule has 0 radical (unpaired) electrons. The fourth-order valence-corrected chi connectivity index (χ4v) is 8.46. The van der Waals surface area contributed by atoms with Gasteiger partial charge in [0.25, 0.3) is 0 Å². The molecule has 3 fully saturated rings. The van der Waals surface area contributed by atoms with Gasteiger partial charge in [0.05, 0.1) is 12.0 Å². The van der Waals surface area contributed by atoms with Crippen molar-refractivity contribution in [1.82, 2.24) is 0 Å². The van der Waals surface area contributed by atoms with E-state index in [1.807, 2.05) is 20.8 Å². The number of alkyl halides is 1. The van der Waals surface area contributed by atoms with Crippen molar-refractivity contribution in [2.24, 2.45) is 45.8 Å². The van der Waals surface area contributed by atoms with E-state index in [-0.39, 0.29) is 29.6 Å². The first-order chi connectivity index (χ1) is 14.7. The number of aliphatic carboxylic acids is 1. The second kappa shape index (κ2) is 7.97. The molecule has 4 rings (SSSR count). The second-order valence-corrected chi connectivity index (χ2v) is 11.2. The number of rotatable bonds is 10. The molecule has 4 aliphatic carbocycles. The van der Waals surface area contributed by atoms with Crippen LogP contribution >= 0.6 is 0 Å². The molecule has 0 aromatic rings. The molecule has 0 aliphatic heterocycles. The van der Waals surface area contributed by atoms with Crippen molar-refractivity contribution in [2.75, 3.05) is 13.2 Å². The SMILES string of the molecule is CCCCCCOC[C@@]12C[C@@H]3[C@H](C)[C@H](F)C[C@H]3[C@@]3(C=O)C[C@@H]1C=C(C(C)C)[C@@]23C(=O)O. The first kappa shape index (κ1) is 22.9. The maximum atomic E-state index is 14.9. The zero-order valence-electron chi connectivity index (χ0n) is 19.5. The van der Waals surface area contributed by atoms with Crippen molar-refractivity contribution >= 4 is 12.3 Å². The Labute approximate surface area is 186 Å².